The second-order valence-corrected chi connectivity index (χ2v) is 7.28. The van der Waals surface area contributed by atoms with E-state index in [1.807, 2.05) is 0 Å². The highest BCUT2D eigenvalue weighted by Crippen LogP contribution is 2.01. The molecule has 2 N–H and O–H groups in total. The summed E-state index contributed by atoms with van der Waals surface area (Å²) < 4.78 is 10.4. The Morgan fingerprint density at radius 3 is 1.87 bits per heavy atom. The molecular formula is C26H45NO4. The van der Waals surface area contributed by atoms with Gasteiger partial charge in [0.15, 0.2) is 0 Å². The van der Waals surface area contributed by atoms with E-state index in [1.54, 1.807) is 0 Å². The van der Waals surface area contributed by atoms with Gasteiger partial charge < -0.3 is 19.9 Å². The van der Waals surface area contributed by atoms with Crippen LogP contribution in [0.25, 0.3) is 0 Å². The van der Waals surface area contributed by atoms with E-state index >= 15 is 0 Å². The number of carbonyl (C=O) groups excluding carboxylic acids is 1. The third kappa shape index (κ3) is 26.3. The van der Waals surface area contributed by atoms with Crippen molar-refractivity contribution in [1.29, 1.82) is 0 Å². The van der Waals surface area contributed by atoms with Gasteiger partial charge in [0.2, 0.25) is 5.91 Å². The van der Waals surface area contributed by atoms with Crippen molar-refractivity contribution in [3.05, 3.63) is 48.6 Å². The molecule has 0 aliphatic heterocycles. The van der Waals surface area contributed by atoms with Gasteiger partial charge in [-0.05, 0) is 44.9 Å². The summed E-state index contributed by atoms with van der Waals surface area (Å²) in [7, 11) is 0. The molecule has 5 heteroatoms. The molecule has 0 atom stereocenters. The summed E-state index contributed by atoms with van der Waals surface area (Å²) in [6.45, 7) is 4.52. The van der Waals surface area contributed by atoms with E-state index < -0.39 is 0 Å². The first-order valence-corrected chi connectivity index (χ1v) is 11.9. The summed E-state index contributed by atoms with van der Waals surface area (Å²) >= 11 is 0. The molecule has 0 saturated heterocycles. The lowest BCUT2D eigenvalue weighted by Crippen LogP contribution is -2.27. The van der Waals surface area contributed by atoms with Crippen LogP contribution >= 0.6 is 0 Å². The predicted molar refractivity (Wildman–Crippen MR) is 130 cm³/mol. The summed E-state index contributed by atoms with van der Waals surface area (Å²) in [6, 6.07) is 0. The fourth-order valence-electron chi connectivity index (χ4n) is 2.68. The highest BCUT2D eigenvalue weighted by Gasteiger charge is 1.99. The molecule has 0 saturated carbocycles. The van der Waals surface area contributed by atoms with E-state index in [0.717, 1.165) is 32.1 Å². The Bertz CT molecular complexity index is 498. The van der Waals surface area contributed by atoms with Crippen LogP contribution in [0.4, 0.5) is 0 Å². The molecule has 0 bridgehead atoms. The van der Waals surface area contributed by atoms with Crippen molar-refractivity contribution < 1.29 is 19.4 Å². The van der Waals surface area contributed by atoms with Crippen LogP contribution in [0.2, 0.25) is 0 Å². The number of ether oxygens (including phenoxy) is 2. The molecular weight excluding hydrogens is 390 g/mol. The number of aliphatic hydroxyl groups is 1. The van der Waals surface area contributed by atoms with E-state index in [4.69, 9.17) is 14.6 Å². The Balaban J connectivity index is 3.42. The first kappa shape index (κ1) is 29.3. The van der Waals surface area contributed by atoms with E-state index in [9.17, 15) is 4.79 Å². The zero-order valence-electron chi connectivity index (χ0n) is 19.6. The number of allylic oxidation sites excluding steroid dienone is 8. The average Bonchev–Trinajstić information content (AvgIpc) is 2.77. The lowest BCUT2D eigenvalue weighted by Gasteiger charge is -2.06. The molecule has 0 spiro atoms. The molecule has 1 amide bonds. The fraction of sp³-hybridized carbons (Fsp3) is 0.654. The number of aliphatic hydroxyl groups excluding tert-OH is 1. The zero-order valence-corrected chi connectivity index (χ0v) is 19.6. The van der Waals surface area contributed by atoms with Gasteiger partial charge in [0, 0.05) is 13.0 Å². The van der Waals surface area contributed by atoms with Crippen LogP contribution in [-0.2, 0) is 14.3 Å². The van der Waals surface area contributed by atoms with Crippen molar-refractivity contribution in [3.63, 3.8) is 0 Å². The van der Waals surface area contributed by atoms with E-state index in [-0.39, 0.29) is 12.5 Å². The minimum absolute atomic E-state index is 0.0249. The molecule has 31 heavy (non-hydrogen) atoms. The summed E-state index contributed by atoms with van der Waals surface area (Å²) in [5.41, 5.74) is 0. The molecule has 0 rings (SSSR count). The van der Waals surface area contributed by atoms with E-state index in [0.29, 0.717) is 39.4 Å². The Hall–Kier alpha value is -1.69. The topological polar surface area (TPSA) is 67.8 Å². The smallest absolute Gasteiger partial charge is 0.220 e. The molecule has 5 nitrogen and oxygen atoms in total. The van der Waals surface area contributed by atoms with Crippen molar-refractivity contribution in [2.24, 2.45) is 0 Å². The second kappa shape index (κ2) is 26.3. The van der Waals surface area contributed by atoms with Crippen LogP contribution in [-0.4, -0.2) is 50.6 Å². The predicted octanol–water partition coefficient (Wildman–Crippen LogP) is 5.27. The summed E-state index contributed by atoms with van der Waals surface area (Å²) in [5, 5.41) is 11.4. The number of unbranched alkanes of at least 4 members (excludes halogenated alkanes) is 4. The lowest BCUT2D eigenvalue weighted by molar-refractivity contribution is -0.121. The number of carbonyl (C=O) groups is 1. The van der Waals surface area contributed by atoms with Crippen LogP contribution in [0.1, 0.15) is 71.1 Å². The van der Waals surface area contributed by atoms with Gasteiger partial charge in [0.25, 0.3) is 0 Å². The van der Waals surface area contributed by atoms with Crippen molar-refractivity contribution in [2.75, 3.05) is 39.6 Å². The summed E-state index contributed by atoms with van der Waals surface area (Å²) in [6.07, 6.45) is 28.1. The molecule has 0 aliphatic carbocycles. The standard InChI is InChI=1S/C26H45NO4/c1-2-3-4-5-6-7-8-9-10-11-12-13-14-15-16-17-18-19-26(29)27-20-22-30-24-25-31-23-21-28/h6-7,9-10,12-13,15-16,28H,2-5,8,11,14,17-25H2,1H3,(H,27,29)/b7-6-,10-9?,13-12?,16-15-. The molecule has 0 unspecified atom stereocenters. The van der Waals surface area contributed by atoms with Gasteiger partial charge in [0.05, 0.1) is 33.0 Å². The SMILES string of the molecule is CCCCC/C=C\CC=CCC=CC/C=C\CCCC(=O)NCCOCCOCCO. The van der Waals surface area contributed by atoms with E-state index in [1.165, 1.54) is 25.7 Å². The van der Waals surface area contributed by atoms with Crippen LogP contribution < -0.4 is 5.32 Å². The third-order valence-electron chi connectivity index (χ3n) is 4.41. The number of hydrogen-bond acceptors (Lipinski definition) is 4. The maximum atomic E-state index is 11.7. The Morgan fingerprint density at radius 1 is 0.742 bits per heavy atom. The van der Waals surface area contributed by atoms with Gasteiger partial charge in [-0.1, -0.05) is 68.4 Å². The van der Waals surface area contributed by atoms with Gasteiger partial charge in [-0.25, -0.2) is 0 Å². The Labute approximate surface area is 190 Å². The zero-order chi connectivity index (χ0) is 22.7. The quantitative estimate of drug-likeness (QED) is 0.179. The first-order valence-electron chi connectivity index (χ1n) is 11.9. The highest BCUT2D eigenvalue weighted by molar-refractivity contribution is 5.75. The van der Waals surface area contributed by atoms with Gasteiger partial charge in [-0.2, -0.15) is 0 Å². The maximum Gasteiger partial charge on any atom is 0.220 e. The van der Waals surface area contributed by atoms with Gasteiger partial charge in [0.1, 0.15) is 0 Å². The second-order valence-electron chi connectivity index (χ2n) is 7.28. The Morgan fingerprint density at radius 2 is 1.29 bits per heavy atom. The average molecular weight is 436 g/mol. The highest BCUT2D eigenvalue weighted by atomic mass is 16.5. The summed E-state index contributed by atoms with van der Waals surface area (Å²) in [5.74, 6) is 0.0658. The van der Waals surface area contributed by atoms with E-state index in [2.05, 4.69) is 60.8 Å². The molecule has 0 fully saturated rings. The van der Waals surface area contributed by atoms with Crippen molar-refractivity contribution >= 4 is 5.91 Å². The minimum Gasteiger partial charge on any atom is -0.394 e. The monoisotopic (exact) mass is 435 g/mol. The lowest BCUT2D eigenvalue weighted by atomic mass is 10.2. The molecule has 0 aromatic carbocycles. The Kier molecular flexibility index (Phi) is 24.9. The summed E-state index contributed by atoms with van der Waals surface area (Å²) in [4.78, 5) is 11.7. The van der Waals surface area contributed by atoms with Gasteiger partial charge in [-0.3, -0.25) is 4.79 Å². The molecule has 0 aliphatic rings. The normalized spacial score (nSPS) is 12.2. The third-order valence-corrected chi connectivity index (χ3v) is 4.41. The molecule has 0 heterocycles. The largest absolute Gasteiger partial charge is 0.394 e. The van der Waals surface area contributed by atoms with Crippen molar-refractivity contribution in [2.45, 2.75) is 71.1 Å². The van der Waals surface area contributed by atoms with Crippen LogP contribution in [0.15, 0.2) is 48.6 Å². The van der Waals surface area contributed by atoms with Crippen molar-refractivity contribution in [1.82, 2.24) is 5.32 Å². The fourth-order valence-corrected chi connectivity index (χ4v) is 2.68. The van der Waals surface area contributed by atoms with Crippen LogP contribution in [0.3, 0.4) is 0 Å². The van der Waals surface area contributed by atoms with Crippen molar-refractivity contribution in [3.8, 4) is 0 Å². The maximum absolute atomic E-state index is 11.7. The number of nitrogens with one attached hydrogen (secondary N) is 1. The number of hydrogen-bond donors (Lipinski definition) is 2. The van der Waals surface area contributed by atoms with Crippen LogP contribution in [0.5, 0.6) is 0 Å². The van der Waals surface area contributed by atoms with Gasteiger partial charge in [-0.15, -0.1) is 0 Å². The molecule has 0 aromatic heterocycles. The van der Waals surface area contributed by atoms with Gasteiger partial charge >= 0.3 is 0 Å². The number of rotatable bonds is 22. The minimum atomic E-state index is 0.0249. The molecule has 178 valence electrons. The van der Waals surface area contributed by atoms with Crippen LogP contribution in [0, 0.1) is 0 Å². The first-order chi connectivity index (χ1) is 15.3. The molecule has 0 radical (unpaired) electrons. The number of amides is 1. The molecule has 0 aromatic rings.